The average Bonchev–Trinajstić information content (AvgIpc) is 2.43. The van der Waals surface area contributed by atoms with Crippen molar-refractivity contribution in [3.05, 3.63) is 39.9 Å². The van der Waals surface area contributed by atoms with Crippen molar-refractivity contribution in [2.24, 2.45) is 10.8 Å². The van der Waals surface area contributed by atoms with E-state index in [0.29, 0.717) is 5.78 Å². The summed E-state index contributed by atoms with van der Waals surface area (Å²) in [5.74, 6) is 0.397. The molecule has 22 heavy (non-hydrogen) atoms. The van der Waals surface area contributed by atoms with E-state index >= 15 is 0 Å². The summed E-state index contributed by atoms with van der Waals surface area (Å²) in [6.45, 7) is 7.32. The van der Waals surface area contributed by atoms with E-state index in [2.05, 4.69) is 13.8 Å². The molecule has 1 aromatic rings. The van der Waals surface area contributed by atoms with Gasteiger partial charge in [-0.1, -0.05) is 12.1 Å². The first-order valence-corrected chi connectivity index (χ1v) is 7.81. The molecule has 116 valence electrons. The molecular weight excluding hydrogens is 282 g/mol. The highest BCUT2D eigenvalue weighted by molar-refractivity contribution is 5.91. The number of quaternary nitrogens is 2. The van der Waals surface area contributed by atoms with Crippen molar-refractivity contribution >= 4 is 11.5 Å². The molecule has 0 amide bonds. The number of para-hydroxylation sites is 1. The normalized spacial score (nSPS) is 42.6. The zero-order valence-electron chi connectivity index (χ0n) is 12.9. The van der Waals surface area contributed by atoms with Gasteiger partial charge in [-0.25, -0.2) is 0 Å². The third-order valence-corrected chi connectivity index (χ3v) is 5.83. The summed E-state index contributed by atoms with van der Waals surface area (Å²) < 4.78 is 0. The summed E-state index contributed by atoms with van der Waals surface area (Å²) in [5, 5.41) is 11.4. The van der Waals surface area contributed by atoms with Crippen molar-refractivity contribution in [2.75, 3.05) is 26.2 Å². The van der Waals surface area contributed by atoms with Crippen molar-refractivity contribution in [3.63, 3.8) is 0 Å². The third-order valence-electron chi connectivity index (χ3n) is 5.83. The van der Waals surface area contributed by atoms with Gasteiger partial charge < -0.3 is 0 Å². The zero-order chi connectivity index (χ0) is 15.7. The number of carbonyl (C=O) groups excluding carboxylic acids is 1. The number of nitro groups is 1. The summed E-state index contributed by atoms with van der Waals surface area (Å²) in [6, 6.07) is 7.08. The van der Waals surface area contributed by atoms with E-state index in [9.17, 15) is 14.9 Å². The second-order valence-electron chi connectivity index (χ2n) is 7.72. The highest BCUT2D eigenvalue weighted by atomic mass is 16.6. The van der Waals surface area contributed by atoms with Crippen LogP contribution in [0.5, 0.6) is 0 Å². The van der Waals surface area contributed by atoms with Crippen LogP contribution in [0.1, 0.15) is 25.6 Å². The standard InChI is InChI=1S/C16H19N3O3/c1-15-7-17-9-16(2,14(15)20)10-18(8-15)13(17)11-5-3-4-6-12(11)19(21)22/h3-6,13H,7-10H2,1-2H3/p+2. The first kappa shape index (κ1) is 13.8. The predicted octanol–water partition coefficient (Wildman–Crippen LogP) is -1.01. The number of benzene rings is 1. The minimum absolute atomic E-state index is 0.0795. The molecule has 5 rings (SSSR count). The fourth-order valence-electron chi connectivity index (χ4n) is 5.34. The lowest BCUT2D eigenvalue weighted by Gasteiger charge is -2.58. The Balaban J connectivity index is 1.79. The Morgan fingerprint density at radius 3 is 2.09 bits per heavy atom. The molecule has 0 radical (unpaired) electrons. The third kappa shape index (κ3) is 1.65. The Morgan fingerprint density at radius 1 is 1.09 bits per heavy atom. The molecule has 4 aliphatic heterocycles. The molecule has 4 aliphatic rings. The summed E-state index contributed by atoms with van der Waals surface area (Å²) in [4.78, 5) is 26.4. The predicted molar refractivity (Wildman–Crippen MR) is 78.5 cm³/mol. The average molecular weight is 303 g/mol. The lowest BCUT2D eigenvalue weighted by molar-refractivity contribution is -1.18. The monoisotopic (exact) mass is 303 g/mol. The molecule has 4 fully saturated rings. The lowest BCUT2D eigenvalue weighted by Crippen LogP contribution is -3.41. The number of hydrogen-bond donors (Lipinski definition) is 2. The molecule has 0 aromatic heterocycles. The SMILES string of the molecule is CC12C[NH+]3CC(C)(C[NH+](C1)C3c1ccccc1[N+](=O)[O-])C2=O. The van der Waals surface area contributed by atoms with Gasteiger partial charge >= 0.3 is 0 Å². The molecule has 0 unspecified atom stereocenters. The highest BCUT2D eigenvalue weighted by Crippen LogP contribution is 2.37. The van der Waals surface area contributed by atoms with Gasteiger partial charge in [-0.05, 0) is 19.9 Å². The molecular formula is C16H21N3O3+2. The molecule has 0 saturated carbocycles. The molecule has 0 spiro atoms. The number of ketones is 1. The van der Waals surface area contributed by atoms with Gasteiger partial charge in [0.15, 0.2) is 5.78 Å². The van der Waals surface area contributed by atoms with Gasteiger partial charge in [0.25, 0.3) is 5.69 Å². The van der Waals surface area contributed by atoms with Crippen LogP contribution in [0.25, 0.3) is 0 Å². The van der Waals surface area contributed by atoms with Crippen LogP contribution >= 0.6 is 0 Å². The van der Waals surface area contributed by atoms with Crippen molar-refractivity contribution < 1.29 is 19.5 Å². The van der Waals surface area contributed by atoms with Gasteiger partial charge in [0.2, 0.25) is 6.17 Å². The van der Waals surface area contributed by atoms with Gasteiger partial charge in [-0.3, -0.25) is 24.7 Å². The van der Waals surface area contributed by atoms with Crippen LogP contribution in [0.15, 0.2) is 24.3 Å². The molecule has 4 bridgehead atoms. The van der Waals surface area contributed by atoms with E-state index < -0.39 is 0 Å². The van der Waals surface area contributed by atoms with Crippen LogP contribution in [0.2, 0.25) is 0 Å². The fraction of sp³-hybridized carbons (Fsp3) is 0.562. The number of rotatable bonds is 2. The molecule has 0 atom stereocenters. The van der Waals surface area contributed by atoms with Gasteiger partial charge in [0.05, 0.1) is 4.92 Å². The molecule has 2 N–H and O–H groups in total. The van der Waals surface area contributed by atoms with E-state index in [1.165, 1.54) is 9.80 Å². The summed E-state index contributed by atoms with van der Waals surface area (Å²) in [6.07, 6.45) is 0.0795. The van der Waals surface area contributed by atoms with Gasteiger partial charge in [0.1, 0.15) is 42.6 Å². The maximum atomic E-state index is 12.7. The second kappa shape index (κ2) is 4.14. The first-order valence-electron chi connectivity index (χ1n) is 7.81. The zero-order valence-corrected chi connectivity index (χ0v) is 12.9. The van der Waals surface area contributed by atoms with Gasteiger partial charge in [-0.15, -0.1) is 0 Å². The number of nitrogens with zero attached hydrogens (tertiary/aromatic N) is 1. The van der Waals surface area contributed by atoms with Crippen LogP contribution in [-0.4, -0.2) is 36.9 Å². The quantitative estimate of drug-likeness (QED) is 0.543. The number of hydrogen-bond acceptors (Lipinski definition) is 3. The summed E-state index contributed by atoms with van der Waals surface area (Å²) in [5.41, 5.74) is 0.490. The maximum Gasteiger partial charge on any atom is 0.285 e. The lowest BCUT2D eigenvalue weighted by atomic mass is 9.62. The van der Waals surface area contributed by atoms with E-state index in [0.717, 1.165) is 31.7 Å². The minimum Gasteiger partial charge on any atom is -0.297 e. The molecule has 0 aliphatic carbocycles. The Bertz CT molecular complexity index is 647. The molecule has 1 aromatic carbocycles. The van der Waals surface area contributed by atoms with E-state index in [1.807, 2.05) is 12.1 Å². The van der Waals surface area contributed by atoms with Crippen LogP contribution in [0.4, 0.5) is 5.69 Å². The van der Waals surface area contributed by atoms with Gasteiger partial charge in [0, 0.05) is 6.07 Å². The first-order chi connectivity index (χ1) is 10.3. The van der Waals surface area contributed by atoms with Crippen LogP contribution in [0, 0.1) is 20.9 Å². The molecule has 6 nitrogen and oxygen atoms in total. The topological polar surface area (TPSA) is 69.1 Å². The van der Waals surface area contributed by atoms with Crippen molar-refractivity contribution in [1.29, 1.82) is 0 Å². The van der Waals surface area contributed by atoms with Crippen LogP contribution in [0.3, 0.4) is 0 Å². The smallest absolute Gasteiger partial charge is 0.285 e. The number of Topliss-reactive ketones (excluding diaryl/α,β-unsaturated/α-hetero) is 1. The Kier molecular flexibility index (Phi) is 2.61. The minimum atomic E-state index is -0.282. The Labute approximate surface area is 128 Å². The van der Waals surface area contributed by atoms with Crippen molar-refractivity contribution in [3.8, 4) is 0 Å². The number of nitrogens with one attached hydrogen (secondary N) is 2. The fourth-order valence-corrected chi connectivity index (χ4v) is 5.34. The molecule has 4 heterocycles. The summed E-state index contributed by atoms with van der Waals surface area (Å²) >= 11 is 0. The van der Waals surface area contributed by atoms with Crippen molar-refractivity contribution in [1.82, 2.24) is 0 Å². The van der Waals surface area contributed by atoms with Crippen LogP contribution < -0.4 is 9.80 Å². The summed E-state index contributed by atoms with van der Waals surface area (Å²) in [7, 11) is 0. The molecule has 6 heteroatoms. The van der Waals surface area contributed by atoms with Crippen molar-refractivity contribution in [2.45, 2.75) is 20.0 Å². The highest BCUT2D eigenvalue weighted by Gasteiger charge is 2.68. The number of piperidine rings is 2. The Morgan fingerprint density at radius 2 is 1.59 bits per heavy atom. The number of nitro benzene ring substituents is 1. The second-order valence-corrected chi connectivity index (χ2v) is 7.72. The Hall–Kier alpha value is -1.79. The van der Waals surface area contributed by atoms with E-state index in [4.69, 9.17) is 0 Å². The van der Waals surface area contributed by atoms with E-state index in [-0.39, 0.29) is 27.6 Å². The number of carbonyl (C=O) groups is 1. The largest absolute Gasteiger partial charge is 0.297 e. The van der Waals surface area contributed by atoms with Gasteiger partial charge in [-0.2, -0.15) is 0 Å². The molecule has 4 saturated heterocycles. The van der Waals surface area contributed by atoms with E-state index in [1.54, 1.807) is 12.1 Å². The maximum absolute atomic E-state index is 12.7. The van der Waals surface area contributed by atoms with Crippen LogP contribution in [-0.2, 0) is 4.79 Å².